The molecule has 0 aromatic carbocycles. The summed E-state index contributed by atoms with van der Waals surface area (Å²) in [5.41, 5.74) is 2.01. The van der Waals surface area contributed by atoms with Crippen molar-refractivity contribution in [3.8, 4) is 0 Å². The lowest BCUT2D eigenvalue weighted by Crippen LogP contribution is -2.41. The maximum atomic E-state index is 12.5. The number of hydrogen-bond donors (Lipinski definition) is 2. The number of carbonyl (C=O) groups is 1. The first-order chi connectivity index (χ1) is 11.4. The van der Waals surface area contributed by atoms with E-state index in [1.54, 1.807) is 6.07 Å². The molecule has 24 heavy (non-hydrogen) atoms. The molecule has 2 aromatic heterocycles. The molecule has 0 spiro atoms. The van der Waals surface area contributed by atoms with Crippen LogP contribution in [0.25, 0.3) is 0 Å². The molecule has 0 radical (unpaired) electrons. The third kappa shape index (κ3) is 3.75. The van der Waals surface area contributed by atoms with E-state index in [-0.39, 0.29) is 17.5 Å². The van der Waals surface area contributed by atoms with Gasteiger partial charge in [0.1, 0.15) is 5.82 Å². The third-order valence-electron chi connectivity index (χ3n) is 4.24. The Kier molecular flexibility index (Phi) is 4.55. The van der Waals surface area contributed by atoms with Crippen LogP contribution in [0.1, 0.15) is 47.8 Å². The quantitative estimate of drug-likeness (QED) is 0.898. The van der Waals surface area contributed by atoms with Crippen molar-refractivity contribution in [3.63, 3.8) is 0 Å². The molecule has 0 saturated carbocycles. The van der Waals surface area contributed by atoms with E-state index in [9.17, 15) is 9.59 Å². The van der Waals surface area contributed by atoms with E-state index in [0.29, 0.717) is 11.5 Å². The minimum atomic E-state index is -0.227. The van der Waals surface area contributed by atoms with Crippen LogP contribution < -0.4 is 10.9 Å². The Morgan fingerprint density at radius 2 is 2.25 bits per heavy atom. The highest BCUT2D eigenvalue weighted by molar-refractivity contribution is 5.94. The summed E-state index contributed by atoms with van der Waals surface area (Å²) >= 11 is 0. The molecule has 0 aliphatic carbocycles. The van der Waals surface area contributed by atoms with Crippen LogP contribution in [-0.4, -0.2) is 26.5 Å². The minimum Gasteiger partial charge on any atom is -0.347 e. The number of rotatable bonds is 4. The molecule has 0 unspecified atom stereocenters. The van der Waals surface area contributed by atoms with Gasteiger partial charge in [-0.05, 0) is 31.7 Å². The highest BCUT2D eigenvalue weighted by Crippen LogP contribution is 2.15. The maximum absolute atomic E-state index is 12.5. The molecule has 6 nitrogen and oxygen atoms in total. The van der Waals surface area contributed by atoms with E-state index in [1.165, 1.54) is 6.07 Å². The van der Waals surface area contributed by atoms with Crippen molar-refractivity contribution in [2.75, 3.05) is 0 Å². The highest BCUT2D eigenvalue weighted by Gasteiger charge is 2.22. The summed E-state index contributed by atoms with van der Waals surface area (Å²) in [6.45, 7) is 6.87. The molecule has 0 saturated heterocycles. The van der Waals surface area contributed by atoms with Crippen LogP contribution in [0.15, 0.2) is 23.1 Å². The zero-order valence-electron chi connectivity index (χ0n) is 14.4. The first-order valence-electron chi connectivity index (χ1n) is 8.47. The van der Waals surface area contributed by atoms with Crippen LogP contribution in [0.5, 0.6) is 0 Å². The summed E-state index contributed by atoms with van der Waals surface area (Å²) in [6, 6.07) is 3.22. The van der Waals surface area contributed by atoms with Crippen molar-refractivity contribution in [3.05, 3.63) is 51.5 Å². The number of aromatic amines is 1. The number of hydrogen-bond acceptors (Lipinski definition) is 3. The highest BCUT2D eigenvalue weighted by atomic mass is 16.2. The summed E-state index contributed by atoms with van der Waals surface area (Å²) in [5, 5.41) is 3.05. The molecule has 128 valence electrons. The fourth-order valence-electron chi connectivity index (χ4n) is 3.25. The van der Waals surface area contributed by atoms with Crippen LogP contribution in [0.2, 0.25) is 0 Å². The van der Waals surface area contributed by atoms with Gasteiger partial charge in [0.25, 0.3) is 5.91 Å². The molecular formula is C18H24N4O2. The van der Waals surface area contributed by atoms with Crippen LogP contribution in [0, 0.1) is 12.8 Å². The van der Waals surface area contributed by atoms with Gasteiger partial charge in [-0.2, -0.15) is 0 Å². The second kappa shape index (κ2) is 6.63. The number of nitrogens with zero attached hydrogens (tertiary/aromatic N) is 2. The van der Waals surface area contributed by atoms with Gasteiger partial charge in [-0.1, -0.05) is 13.8 Å². The number of aryl methyl sites for hydroxylation is 2. The number of pyridine rings is 1. The van der Waals surface area contributed by atoms with Crippen molar-refractivity contribution in [1.82, 2.24) is 19.9 Å². The first kappa shape index (κ1) is 16.5. The fraction of sp³-hybridized carbons (Fsp3) is 0.500. The molecular weight excluding hydrogens is 304 g/mol. The average Bonchev–Trinajstić information content (AvgIpc) is 2.85. The SMILES string of the molecule is Cc1cn2c(n1)CC[C@@H](NC(=O)c1cc(CC(C)C)[nH]c(=O)c1)C2. The van der Waals surface area contributed by atoms with Gasteiger partial charge >= 0.3 is 0 Å². The van der Waals surface area contributed by atoms with Crippen molar-refractivity contribution < 1.29 is 4.79 Å². The molecule has 6 heteroatoms. The Labute approximate surface area is 141 Å². The van der Waals surface area contributed by atoms with E-state index in [1.807, 2.05) is 13.1 Å². The van der Waals surface area contributed by atoms with Crippen molar-refractivity contribution in [2.45, 2.75) is 52.6 Å². The van der Waals surface area contributed by atoms with E-state index < -0.39 is 0 Å². The van der Waals surface area contributed by atoms with Crippen molar-refractivity contribution >= 4 is 5.91 Å². The van der Waals surface area contributed by atoms with Gasteiger partial charge in [0, 0.05) is 42.5 Å². The van der Waals surface area contributed by atoms with Gasteiger partial charge in [0.05, 0.1) is 5.69 Å². The smallest absolute Gasteiger partial charge is 0.251 e. The molecule has 1 aliphatic heterocycles. The Morgan fingerprint density at radius 1 is 1.46 bits per heavy atom. The van der Waals surface area contributed by atoms with Gasteiger partial charge < -0.3 is 14.9 Å². The van der Waals surface area contributed by atoms with E-state index in [0.717, 1.165) is 43.0 Å². The van der Waals surface area contributed by atoms with E-state index in [2.05, 4.69) is 33.7 Å². The number of carbonyl (C=O) groups excluding carboxylic acids is 1. The number of nitrogens with one attached hydrogen (secondary N) is 2. The summed E-state index contributed by atoms with van der Waals surface area (Å²) in [5.74, 6) is 1.31. The lowest BCUT2D eigenvalue weighted by atomic mass is 10.0. The topological polar surface area (TPSA) is 79.8 Å². The largest absolute Gasteiger partial charge is 0.347 e. The molecule has 1 amide bonds. The predicted octanol–water partition coefficient (Wildman–Crippen LogP) is 1.82. The van der Waals surface area contributed by atoms with E-state index in [4.69, 9.17) is 0 Å². The Bertz CT molecular complexity index is 804. The molecule has 0 bridgehead atoms. The Balaban J connectivity index is 1.71. The molecule has 2 aromatic rings. The maximum Gasteiger partial charge on any atom is 0.251 e. The van der Waals surface area contributed by atoms with Crippen LogP contribution in [-0.2, 0) is 19.4 Å². The summed E-state index contributed by atoms with van der Waals surface area (Å²) in [4.78, 5) is 31.6. The summed E-state index contributed by atoms with van der Waals surface area (Å²) in [7, 11) is 0. The number of H-pyrrole nitrogens is 1. The molecule has 1 atom stereocenters. The molecule has 3 rings (SSSR count). The second-order valence-corrected chi connectivity index (χ2v) is 7.02. The van der Waals surface area contributed by atoms with Gasteiger partial charge in [-0.15, -0.1) is 0 Å². The molecule has 3 heterocycles. The van der Waals surface area contributed by atoms with Crippen LogP contribution >= 0.6 is 0 Å². The first-order valence-corrected chi connectivity index (χ1v) is 8.47. The molecule has 0 fully saturated rings. The predicted molar refractivity (Wildman–Crippen MR) is 92.1 cm³/mol. The number of fused-ring (bicyclic) bond motifs is 1. The lowest BCUT2D eigenvalue weighted by Gasteiger charge is -2.24. The summed E-state index contributed by atoms with van der Waals surface area (Å²) in [6.07, 6.45) is 4.48. The van der Waals surface area contributed by atoms with Crippen molar-refractivity contribution in [2.24, 2.45) is 5.92 Å². The normalized spacial score (nSPS) is 16.9. The van der Waals surface area contributed by atoms with Crippen LogP contribution in [0.4, 0.5) is 0 Å². The van der Waals surface area contributed by atoms with Gasteiger partial charge in [0.2, 0.25) is 5.56 Å². The van der Waals surface area contributed by atoms with Gasteiger partial charge in [0.15, 0.2) is 0 Å². The molecule has 1 aliphatic rings. The number of aromatic nitrogens is 3. The zero-order valence-corrected chi connectivity index (χ0v) is 14.4. The number of amides is 1. The lowest BCUT2D eigenvalue weighted by molar-refractivity contribution is 0.0927. The Hall–Kier alpha value is -2.37. The number of imidazole rings is 1. The van der Waals surface area contributed by atoms with Gasteiger partial charge in [-0.25, -0.2) is 4.98 Å². The fourth-order valence-corrected chi connectivity index (χ4v) is 3.25. The minimum absolute atomic E-state index is 0.0615. The summed E-state index contributed by atoms with van der Waals surface area (Å²) < 4.78 is 2.10. The monoisotopic (exact) mass is 328 g/mol. The average molecular weight is 328 g/mol. The zero-order chi connectivity index (χ0) is 17.3. The van der Waals surface area contributed by atoms with E-state index >= 15 is 0 Å². The van der Waals surface area contributed by atoms with Gasteiger partial charge in [-0.3, -0.25) is 9.59 Å². The molecule has 2 N–H and O–H groups in total. The second-order valence-electron chi connectivity index (χ2n) is 7.02. The third-order valence-corrected chi connectivity index (χ3v) is 4.24. The van der Waals surface area contributed by atoms with Crippen molar-refractivity contribution in [1.29, 1.82) is 0 Å². The Morgan fingerprint density at radius 3 is 3.00 bits per heavy atom. The standard InChI is InChI=1S/C18H24N4O2/c1-11(2)6-15-7-13(8-17(23)20-15)18(24)21-14-4-5-16-19-12(3)9-22(16)10-14/h7-9,11,14H,4-6,10H2,1-3H3,(H,20,23)(H,21,24)/t14-/m1/s1. The van der Waals surface area contributed by atoms with Crippen LogP contribution in [0.3, 0.4) is 0 Å².